The van der Waals surface area contributed by atoms with Gasteiger partial charge in [-0.05, 0) is 24.6 Å². The Balaban J connectivity index is 2.22. The Labute approximate surface area is 126 Å². The van der Waals surface area contributed by atoms with Crippen molar-refractivity contribution in [3.05, 3.63) is 74.2 Å². The molecule has 1 N–H and O–H groups in total. The number of likely N-dealkylation sites (N-methyl/N-ethyl adjacent to an activating group) is 1. The summed E-state index contributed by atoms with van der Waals surface area (Å²) in [5.74, 6) is 0. The maximum Gasteiger partial charge on any atom is 0.270 e. The van der Waals surface area contributed by atoms with Crippen LogP contribution < -0.4 is 5.32 Å². The highest BCUT2D eigenvalue weighted by molar-refractivity contribution is 9.10. The summed E-state index contributed by atoms with van der Waals surface area (Å²) in [4.78, 5) is 10.3. The smallest absolute Gasteiger partial charge is 0.270 e. The lowest BCUT2D eigenvalue weighted by atomic mass is 9.99. The molecule has 0 amide bonds. The quantitative estimate of drug-likeness (QED) is 0.667. The number of rotatable bonds is 5. The molecular weight excluding hydrogens is 320 g/mol. The van der Waals surface area contributed by atoms with Crippen molar-refractivity contribution in [2.45, 2.75) is 12.5 Å². The lowest BCUT2D eigenvalue weighted by Crippen LogP contribution is -2.18. The molecule has 0 radical (unpaired) electrons. The third kappa shape index (κ3) is 3.43. The van der Waals surface area contributed by atoms with Crippen molar-refractivity contribution in [2.24, 2.45) is 0 Å². The summed E-state index contributed by atoms with van der Waals surface area (Å²) >= 11 is 3.41. The van der Waals surface area contributed by atoms with Crippen molar-refractivity contribution in [1.82, 2.24) is 5.32 Å². The molecule has 104 valence electrons. The minimum Gasteiger partial charge on any atom is -0.313 e. The third-order valence-corrected chi connectivity index (χ3v) is 3.96. The van der Waals surface area contributed by atoms with Crippen LogP contribution in [0.25, 0.3) is 0 Å². The zero-order valence-corrected chi connectivity index (χ0v) is 12.6. The van der Waals surface area contributed by atoms with Gasteiger partial charge in [0, 0.05) is 22.6 Å². The van der Waals surface area contributed by atoms with E-state index in [2.05, 4.69) is 33.4 Å². The van der Waals surface area contributed by atoms with Gasteiger partial charge in [-0.2, -0.15) is 0 Å². The summed E-state index contributed by atoms with van der Waals surface area (Å²) in [6.45, 7) is 0. The van der Waals surface area contributed by atoms with E-state index in [1.54, 1.807) is 12.1 Å². The second-order valence-corrected chi connectivity index (χ2v) is 5.34. The first kappa shape index (κ1) is 14.7. The molecule has 0 fully saturated rings. The number of hydrogen-bond acceptors (Lipinski definition) is 3. The van der Waals surface area contributed by atoms with Gasteiger partial charge < -0.3 is 5.32 Å². The van der Waals surface area contributed by atoms with Crippen molar-refractivity contribution in [3.63, 3.8) is 0 Å². The van der Waals surface area contributed by atoms with Crippen molar-refractivity contribution in [3.8, 4) is 0 Å². The van der Waals surface area contributed by atoms with E-state index in [9.17, 15) is 10.1 Å². The minimum atomic E-state index is -0.388. The molecule has 2 aromatic carbocycles. The van der Waals surface area contributed by atoms with Crippen LogP contribution in [0.2, 0.25) is 0 Å². The Bertz CT molecular complexity index is 602. The van der Waals surface area contributed by atoms with Crippen LogP contribution in [0.4, 0.5) is 5.69 Å². The van der Waals surface area contributed by atoms with Crippen LogP contribution in [-0.2, 0) is 6.42 Å². The molecule has 4 nitrogen and oxygen atoms in total. The first-order chi connectivity index (χ1) is 9.61. The van der Waals surface area contributed by atoms with Gasteiger partial charge in [0.2, 0.25) is 0 Å². The molecule has 0 bridgehead atoms. The predicted octanol–water partition coefficient (Wildman–Crippen LogP) is 3.86. The Hall–Kier alpha value is -1.72. The largest absolute Gasteiger partial charge is 0.313 e. The molecule has 5 heteroatoms. The lowest BCUT2D eigenvalue weighted by Gasteiger charge is -2.17. The fourth-order valence-corrected chi connectivity index (χ4v) is 2.64. The normalized spacial score (nSPS) is 12.1. The van der Waals surface area contributed by atoms with Crippen LogP contribution in [-0.4, -0.2) is 12.0 Å². The monoisotopic (exact) mass is 334 g/mol. The summed E-state index contributed by atoms with van der Waals surface area (Å²) in [5.41, 5.74) is 2.33. The van der Waals surface area contributed by atoms with Crippen LogP contribution in [0.15, 0.2) is 53.0 Å². The van der Waals surface area contributed by atoms with Gasteiger partial charge in [0.05, 0.1) is 4.92 Å². The number of nitrogens with one attached hydrogen (secondary N) is 1. The molecule has 1 atom stereocenters. The van der Waals surface area contributed by atoms with Crippen LogP contribution in [0.1, 0.15) is 17.2 Å². The number of non-ortho nitro benzene ring substituents is 1. The number of benzene rings is 2. The van der Waals surface area contributed by atoms with E-state index in [1.807, 2.05) is 25.2 Å². The molecule has 0 saturated carbocycles. The molecule has 0 heterocycles. The van der Waals surface area contributed by atoms with Crippen molar-refractivity contribution >= 4 is 21.6 Å². The SMILES string of the molecule is CNC(Cc1ccc([N+](=O)[O-])cc1Br)c1ccccc1. The van der Waals surface area contributed by atoms with Gasteiger partial charge in [0.1, 0.15) is 0 Å². The van der Waals surface area contributed by atoms with Crippen LogP contribution in [0, 0.1) is 10.1 Å². The summed E-state index contributed by atoms with van der Waals surface area (Å²) in [7, 11) is 1.91. The van der Waals surface area contributed by atoms with Crippen LogP contribution in [0.5, 0.6) is 0 Å². The number of nitro benzene ring substituents is 1. The third-order valence-electron chi connectivity index (χ3n) is 3.22. The van der Waals surface area contributed by atoms with E-state index in [0.29, 0.717) is 0 Å². The van der Waals surface area contributed by atoms with Crippen LogP contribution >= 0.6 is 15.9 Å². The molecule has 2 aromatic rings. The minimum absolute atomic E-state index is 0.0985. The standard InChI is InChI=1S/C15H15BrN2O2/c1-17-15(11-5-3-2-4-6-11)9-12-7-8-13(18(19)20)10-14(12)16/h2-8,10,15,17H,9H2,1H3. The highest BCUT2D eigenvalue weighted by Crippen LogP contribution is 2.27. The van der Waals surface area contributed by atoms with E-state index < -0.39 is 0 Å². The lowest BCUT2D eigenvalue weighted by molar-refractivity contribution is -0.384. The maximum atomic E-state index is 10.7. The molecule has 0 aliphatic rings. The topological polar surface area (TPSA) is 55.2 Å². The van der Waals surface area contributed by atoms with Gasteiger partial charge in [0.15, 0.2) is 0 Å². The summed E-state index contributed by atoms with van der Waals surface area (Å²) in [5, 5.41) is 14.0. The number of halogens is 1. The molecule has 20 heavy (non-hydrogen) atoms. The first-order valence-corrected chi connectivity index (χ1v) is 7.06. The second-order valence-electron chi connectivity index (χ2n) is 4.49. The number of nitrogens with zero attached hydrogens (tertiary/aromatic N) is 1. The molecule has 2 rings (SSSR count). The Kier molecular flexibility index (Phi) is 4.87. The number of hydrogen-bond donors (Lipinski definition) is 1. The average Bonchev–Trinajstić information content (AvgIpc) is 2.46. The average molecular weight is 335 g/mol. The molecule has 0 spiro atoms. The van der Waals surface area contributed by atoms with E-state index in [-0.39, 0.29) is 16.7 Å². The van der Waals surface area contributed by atoms with Gasteiger partial charge >= 0.3 is 0 Å². The second kappa shape index (κ2) is 6.63. The van der Waals surface area contributed by atoms with Gasteiger partial charge in [0.25, 0.3) is 5.69 Å². The molecular formula is C15H15BrN2O2. The molecule has 0 saturated heterocycles. The van der Waals surface area contributed by atoms with Gasteiger partial charge in [-0.25, -0.2) is 0 Å². The van der Waals surface area contributed by atoms with Gasteiger partial charge in [-0.15, -0.1) is 0 Å². The fourth-order valence-electron chi connectivity index (χ4n) is 2.11. The van der Waals surface area contributed by atoms with Crippen LogP contribution in [0.3, 0.4) is 0 Å². The summed E-state index contributed by atoms with van der Waals surface area (Å²) < 4.78 is 0.767. The zero-order valence-electron chi connectivity index (χ0n) is 11.0. The molecule has 0 aromatic heterocycles. The Morgan fingerprint density at radius 2 is 1.95 bits per heavy atom. The predicted molar refractivity (Wildman–Crippen MR) is 82.7 cm³/mol. The molecule has 1 unspecified atom stereocenters. The van der Waals surface area contributed by atoms with Crippen molar-refractivity contribution < 1.29 is 4.92 Å². The summed E-state index contributed by atoms with van der Waals surface area (Å²) in [6.07, 6.45) is 0.763. The molecule has 0 aliphatic carbocycles. The number of nitro groups is 1. The van der Waals surface area contributed by atoms with E-state index in [0.717, 1.165) is 16.5 Å². The zero-order chi connectivity index (χ0) is 14.5. The van der Waals surface area contributed by atoms with Crippen molar-refractivity contribution in [1.29, 1.82) is 0 Å². The van der Waals surface area contributed by atoms with Gasteiger partial charge in [-0.1, -0.05) is 52.3 Å². The fraction of sp³-hybridized carbons (Fsp3) is 0.200. The van der Waals surface area contributed by atoms with Gasteiger partial charge in [-0.3, -0.25) is 10.1 Å². The highest BCUT2D eigenvalue weighted by atomic mass is 79.9. The summed E-state index contributed by atoms with van der Waals surface area (Å²) in [6, 6.07) is 15.2. The van der Waals surface area contributed by atoms with E-state index >= 15 is 0 Å². The first-order valence-electron chi connectivity index (χ1n) is 6.27. The molecule has 0 aliphatic heterocycles. The Morgan fingerprint density at radius 3 is 2.50 bits per heavy atom. The van der Waals surface area contributed by atoms with Crippen molar-refractivity contribution in [2.75, 3.05) is 7.05 Å². The van der Waals surface area contributed by atoms with E-state index in [1.165, 1.54) is 11.6 Å². The highest BCUT2D eigenvalue weighted by Gasteiger charge is 2.14. The van der Waals surface area contributed by atoms with E-state index in [4.69, 9.17) is 0 Å². The Morgan fingerprint density at radius 1 is 1.25 bits per heavy atom. The maximum absolute atomic E-state index is 10.7.